The van der Waals surface area contributed by atoms with E-state index in [1.54, 1.807) is 0 Å². The van der Waals surface area contributed by atoms with Crippen LogP contribution in [0.2, 0.25) is 0 Å². The number of esters is 1. The zero-order chi connectivity index (χ0) is 34.2. The van der Waals surface area contributed by atoms with Gasteiger partial charge in [0.05, 0.1) is 19.3 Å². The minimum Gasteiger partial charge on any atom is -0.481 e. The molecule has 0 amide bonds. The van der Waals surface area contributed by atoms with Crippen molar-refractivity contribution in [2.45, 2.75) is 207 Å². The summed E-state index contributed by atoms with van der Waals surface area (Å²) in [5, 5.41) is 32.5. The van der Waals surface area contributed by atoms with Gasteiger partial charge in [-0.15, -0.1) is 0 Å². The number of allylic oxidation sites excluding steroid dienone is 2. The molecule has 4 N–H and O–H groups in total. The first-order chi connectivity index (χ1) is 21.7. The van der Waals surface area contributed by atoms with Gasteiger partial charge < -0.3 is 25.2 Å². The molecular formula is C38H76O7. The number of aliphatic hydroxyl groups is 3. The Morgan fingerprint density at radius 2 is 0.889 bits per heavy atom. The molecule has 0 atom stereocenters. The van der Waals surface area contributed by atoms with Crippen LogP contribution >= 0.6 is 0 Å². The van der Waals surface area contributed by atoms with Gasteiger partial charge in [0, 0.05) is 12.8 Å². The van der Waals surface area contributed by atoms with Crippen LogP contribution in [0, 0.1) is 0 Å². The second-order valence-corrected chi connectivity index (χ2v) is 12.6. The summed E-state index contributed by atoms with van der Waals surface area (Å²) >= 11 is 0. The van der Waals surface area contributed by atoms with Crippen LogP contribution in [0.4, 0.5) is 0 Å². The molecule has 0 rings (SSSR count). The third-order valence-corrected chi connectivity index (χ3v) is 7.43. The summed E-state index contributed by atoms with van der Waals surface area (Å²) in [6, 6.07) is 0. The Morgan fingerprint density at radius 1 is 0.556 bits per heavy atom. The molecule has 0 saturated heterocycles. The van der Waals surface area contributed by atoms with Crippen molar-refractivity contribution in [1.82, 2.24) is 0 Å². The van der Waals surface area contributed by atoms with Gasteiger partial charge in [-0.05, 0) is 52.4 Å². The number of unbranched alkanes of at least 4 members (excludes halogenated alkanes) is 21. The Labute approximate surface area is 278 Å². The van der Waals surface area contributed by atoms with E-state index in [0.717, 1.165) is 19.3 Å². The van der Waals surface area contributed by atoms with Gasteiger partial charge in [-0.3, -0.25) is 9.59 Å². The molecule has 0 unspecified atom stereocenters. The first-order valence-corrected chi connectivity index (χ1v) is 18.7. The van der Waals surface area contributed by atoms with Crippen LogP contribution in [-0.4, -0.2) is 57.8 Å². The Balaban J connectivity index is -0.000000664. The predicted octanol–water partition coefficient (Wildman–Crippen LogP) is 10.1. The summed E-state index contributed by atoms with van der Waals surface area (Å²) < 4.78 is 5.10. The number of carbonyl (C=O) groups excluding carboxylic acids is 1. The maximum atomic E-state index is 11.3. The molecule has 0 aliphatic rings. The molecule has 0 heterocycles. The van der Waals surface area contributed by atoms with Crippen LogP contribution < -0.4 is 0 Å². The fourth-order valence-corrected chi connectivity index (χ4v) is 4.66. The average molecular weight is 645 g/mol. The van der Waals surface area contributed by atoms with E-state index in [2.05, 4.69) is 26.0 Å². The second-order valence-electron chi connectivity index (χ2n) is 12.6. The SMILES string of the molecule is CCCCCCCC/C=C\CCCCCCCC(=O)O.CCCCCCCCCCCCCC(=O)OC(C)C.OCC(O)CO. The number of rotatable bonds is 30. The van der Waals surface area contributed by atoms with Crippen LogP contribution in [-0.2, 0) is 14.3 Å². The lowest BCUT2D eigenvalue weighted by molar-refractivity contribution is -0.147. The number of aliphatic carboxylic acids is 1. The molecule has 0 radical (unpaired) electrons. The first kappa shape index (κ1) is 48.0. The summed E-state index contributed by atoms with van der Waals surface area (Å²) in [5.74, 6) is -0.700. The molecule has 0 saturated carbocycles. The number of carboxylic acids is 1. The normalized spacial score (nSPS) is 11.0. The Hall–Kier alpha value is -1.44. The molecule has 7 heteroatoms. The molecule has 0 aromatic rings. The predicted molar refractivity (Wildman–Crippen MR) is 190 cm³/mol. The average Bonchev–Trinajstić information content (AvgIpc) is 3.01. The molecule has 0 spiro atoms. The van der Waals surface area contributed by atoms with E-state index in [-0.39, 0.29) is 25.3 Å². The number of hydrogen-bond acceptors (Lipinski definition) is 6. The van der Waals surface area contributed by atoms with Crippen molar-refractivity contribution in [3.63, 3.8) is 0 Å². The van der Waals surface area contributed by atoms with Gasteiger partial charge in [0.15, 0.2) is 0 Å². The van der Waals surface area contributed by atoms with Gasteiger partial charge >= 0.3 is 11.9 Å². The Morgan fingerprint density at radius 3 is 1.20 bits per heavy atom. The van der Waals surface area contributed by atoms with Crippen LogP contribution in [0.1, 0.15) is 195 Å². The third-order valence-electron chi connectivity index (χ3n) is 7.43. The Kier molecular flexibility index (Phi) is 45.4. The molecular weight excluding hydrogens is 568 g/mol. The maximum absolute atomic E-state index is 11.3. The van der Waals surface area contributed by atoms with Gasteiger partial charge in [-0.25, -0.2) is 0 Å². The quantitative estimate of drug-likeness (QED) is 0.0348. The molecule has 0 bridgehead atoms. The maximum Gasteiger partial charge on any atom is 0.306 e. The van der Waals surface area contributed by atoms with Crippen molar-refractivity contribution in [3.05, 3.63) is 12.2 Å². The zero-order valence-electron chi connectivity index (χ0n) is 30.1. The lowest BCUT2D eigenvalue weighted by atomic mass is 10.1. The highest BCUT2D eigenvalue weighted by molar-refractivity contribution is 5.69. The lowest BCUT2D eigenvalue weighted by Gasteiger charge is -2.07. The van der Waals surface area contributed by atoms with Gasteiger partial charge in [0.2, 0.25) is 0 Å². The number of hydrogen-bond donors (Lipinski definition) is 4. The van der Waals surface area contributed by atoms with Crippen LogP contribution in [0.15, 0.2) is 12.2 Å². The van der Waals surface area contributed by atoms with Gasteiger partial charge in [-0.1, -0.05) is 142 Å². The number of carboxylic acid groups (broad SMARTS) is 1. The third kappa shape index (κ3) is 52.4. The van der Waals surface area contributed by atoms with Crippen molar-refractivity contribution in [2.75, 3.05) is 13.2 Å². The Bertz CT molecular complexity index is 603. The number of aliphatic hydroxyl groups excluding tert-OH is 3. The van der Waals surface area contributed by atoms with Crippen molar-refractivity contribution in [2.24, 2.45) is 0 Å². The smallest absolute Gasteiger partial charge is 0.306 e. The minimum atomic E-state index is -0.954. The largest absolute Gasteiger partial charge is 0.481 e. The fourth-order valence-electron chi connectivity index (χ4n) is 4.66. The summed E-state index contributed by atoms with van der Waals surface area (Å²) in [4.78, 5) is 21.6. The minimum absolute atomic E-state index is 0.0280. The molecule has 270 valence electrons. The summed E-state index contributed by atoms with van der Waals surface area (Å²) in [6.07, 6.45) is 35.4. The second kappa shape index (κ2) is 42.6. The summed E-state index contributed by atoms with van der Waals surface area (Å²) in [7, 11) is 0. The van der Waals surface area contributed by atoms with E-state index in [4.69, 9.17) is 25.2 Å². The molecule has 0 aromatic heterocycles. The van der Waals surface area contributed by atoms with E-state index in [1.807, 2.05) is 13.8 Å². The van der Waals surface area contributed by atoms with E-state index in [0.29, 0.717) is 12.8 Å². The van der Waals surface area contributed by atoms with Crippen molar-refractivity contribution in [3.8, 4) is 0 Å². The van der Waals surface area contributed by atoms with Gasteiger partial charge in [0.25, 0.3) is 0 Å². The highest BCUT2D eigenvalue weighted by Crippen LogP contribution is 2.13. The molecule has 0 aliphatic carbocycles. The fraction of sp³-hybridized carbons (Fsp3) is 0.895. The van der Waals surface area contributed by atoms with E-state index in [9.17, 15) is 9.59 Å². The highest BCUT2D eigenvalue weighted by atomic mass is 16.5. The molecule has 45 heavy (non-hydrogen) atoms. The lowest BCUT2D eigenvalue weighted by Crippen LogP contribution is -2.15. The zero-order valence-corrected chi connectivity index (χ0v) is 30.1. The monoisotopic (exact) mass is 645 g/mol. The highest BCUT2D eigenvalue weighted by Gasteiger charge is 2.04. The molecule has 7 nitrogen and oxygen atoms in total. The van der Waals surface area contributed by atoms with Crippen molar-refractivity contribution >= 4 is 11.9 Å². The van der Waals surface area contributed by atoms with Crippen LogP contribution in [0.3, 0.4) is 0 Å². The van der Waals surface area contributed by atoms with E-state index in [1.165, 1.54) is 135 Å². The number of ether oxygens (including phenoxy) is 1. The standard InChI is InChI=1S/C18H34O2.C17H34O2.C3H8O3/c1-2-3-4-5-6-7-8-9-10-11-12-13-14-15-16-17-18(19)20;1-4-5-6-7-8-9-10-11-12-13-14-15-17(18)19-16(2)3;4-1-3(6)2-5/h9-10H,2-8,11-17H2,1H3,(H,19,20);16H,4-15H2,1-3H3;3-6H,1-2H2/b10-9-;;. The topological polar surface area (TPSA) is 124 Å². The molecule has 0 aromatic carbocycles. The van der Waals surface area contributed by atoms with E-state index >= 15 is 0 Å². The van der Waals surface area contributed by atoms with Gasteiger partial charge in [0.1, 0.15) is 6.10 Å². The van der Waals surface area contributed by atoms with Crippen LogP contribution in [0.5, 0.6) is 0 Å². The van der Waals surface area contributed by atoms with Crippen molar-refractivity contribution in [1.29, 1.82) is 0 Å². The van der Waals surface area contributed by atoms with Crippen LogP contribution in [0.25, 0.3) is 0 Å². The molecule has 0 fully saturated rings. The molecule has 0 aliphatic heterocycles. The summed E-state index contributed by atoms with van der Waals surface area (Å²) in [6.45, 7) is 7.59. The summed E-state index contributed by atoms with van der Waals surface area (Å²) in [5.41, 5.74) is 0. The van der Waals surface area contributed by atoms with E-state index < -0.39 is 12.1 Å². The van der Waals surface area contributed by atoms with Crippen molar-refractivity contribution < 1.29 is 34.8 Å². The number of carbonyl (C=O) groups is 2. The van der Waals surface area contributed by atoms with Gasteiger partial charge in [-0.2, -0.15) is 0 Å². The first-order valence-electron chi connectivity index (χ1n) is 18.7.